The second-order valence-electron chi connectivity index (χ2n) is 2.80. The number of nitrogens with zero attached hydrogens (tertiary/aromatic N) is 4. The van der Waals surface area contributed by atoms with Crippen LogP contribution >= 0.6 is 11.3 Å². The molecule has 0 aliphatic heterocycles. The van der Waals surface area contributed by atoms with E-state index in [9.17, 15) is 0 Å². The highest BCUT2D eigenvalue weighted by atomic mass is 32.1. The van der Waals surface area contributed by atoms with Gasteiger partial charge >= 0.3 is 0 Å². The molecule has 0 atom stereocenters. The number of nitriles is 4. The van der Waals surface area contributed by atoms with Crippen molar-refractivity contribution < 1.29 is 0 Å². The molecule has 0 radical (unpaired) electrons. The zero-order valence-corrected chi connectivity index (χ0v) is 9.32. The third kappa shape index (κ3) is 3.33. The van der Waals surface area contributed by atoms with Gasteiger partial charge in [0.1, 0.15) is 35.4 Å². The first kappa shape index (κ1) is 12.2. The van der Waals surface area contributed by atoms with E-state index < -0.39 is 0 Å². The van der Waals surface area contributed by atoms with Crippen LogP contribution in [0.4, 0.5) is 0 Å². The van der Waals surface area contributed by atoms with Crippen molar-refractivity contribution in [3.05, 3.63) is 33.0 Å². The zero-order valence-electron chi connectivity index (χ0n) is 8.51. The molecule has 5 heteroatoms. The van der Waals surface area contributed by atoms with Crippen LogP contribution in [0.2, 0.25) is 0 Å². The molecule has 1 aromatic rings. The Morgan fingerprint density at radius 1 is 0.824 bits per heavy atom. The average molecular weight is 236 g/mol. The molecule has 0 aliphatic rings. The number of hydrogen-bond acceptors (Lipinski definition) is 5. The van der Waals surface area contributed by atoms with E-state index in [2.05, 4.69) is 0 Å². The van der Waals surface area contributed by atoms with Crippen molar-refractivity contribution >= 4 is 23.5 Å². The van der Waals surface area contributed by atoms with Crippen molar-refractivity contribution in [1.29, 1.82) is 21.0 Å². The molecule has 17 heavy (non-hydrogen) atoms. The van der Waals surface area contributed by atoms with Gasteiger partial charge in [-0.1, -0.05) is 0 Å². The van der Waals surface area contributed by atoms with Crippen LogP contribution in [0.3, 0.4) is 0 Å². The maximum Gasteiger partial charge on any atom is 0.131 e. The minimum absolute atomic E-state index is 0.0168. The van der Waals surface area contributed by atoms with Crippen molar-refractivity contribution in [1.82, 2.24) is 0 Å². The fourth-order valence-corrected chi connectivity index (χ4v) is 1.89. The molecule has 0 saturated heterocycles. The predicted molar refractivity (Wildman–Crippen MR) is 62.7 cm³/mol. The monoisotopic (exact) mass is 236 g/mol. The Bertz CT molecular complexity index is 562. The quantitative estimate of drug-likeness (QED) is 0.737. The molecule has 0 unspecified atom stereocenters. The van der Waals surface area contributed by atoms with Gasteiger partial charge in [-0.15, -0.1) is 11.3 Å². The van der Waals surface area contributed by atoms with Gasteiger partial charge in [-0.3, -0.25) is 0 Å². The summed E-state index contributed by atoms with van der Waals surface area (Å²) in [4.78, 5) is 1.45. The largest absolute Gasteiger partial charge is 0.192 e. The highest BCUT2D eigenvalue weighted by molar-refractivity contribution is 7.13. The number of allylic oxidation sites excluding steroid dienone is 2. The molecule has 0 N–H and O–H groups in total. The van der Waals surface area contributed by atoms with Gasteiger partial charge in [-0.25, -0.2) is 0 Å². The van der Waals surface area contributed by atoms with Gasteiger partial charge in [0, 0.05) is 9.75 Å². The average Bonchev–Trinajstić information content (AvgIpc) is 2.80. The van der Waals surface area contributed by atoms with Gasteiger partial charge in [0.05, 0.1) is 0 Å². The van der Waals surface area contributed by atoms with E-state index in [-0.39, 0.29) is 11.1 Å². The number of rotatable bonds is 2. The van der Waals surface area contributed by atoms with Gasteiger partial charge < -0.3 is 0 Å². The zero-order chi connectivity index (χ0) is 12.7. The molecule has 0 fully saturated rings. The van der Waals surface area contributed by atoms with Crippen LogP contribution in [-0.4, -0.2) is 0 Å². The van der Waals surface area contributed by atoms with Gasteiger partial charge in [0.25, 0.3) is 0 Å². The van der Waals surface area contributed by atoms with E-state index in [0.717, 1.165) is 9.75 Å². The van der Waals surface area contributed by atoms with Crippen molar-refractivity contribution in [2.24, 2.45) is 0 Å². The van der Waals surface area contributed by atoms with Crippen molar-refractivity contribution in [2.75, 3.05) is 0 Å². The highest BCUT2D eigenvalue weighted by Gasteiger charge is 2.00. The van der Waals surface area contributed by atoms with Gasteiger partial charge in [-0.2, -0.15) is 21.0 Å². The van der Waals surface area contributed by atoms with E-state index in [1.165, 1.54) is 23.5 Å². The summed E-state index contributed by atoms with van der Waals surface area (Å²) >= 11 is 1.29. The molecule has 0 amide bonds. The fourth-order valence-electron chi connectivity index (χ4n) is 0.987. The number of hydrogen-bond donors (Lipinski definition) is 0. The summed E-state index contributed by atoms with van der Waals surface area (Å²) in [5, 5.41) is 34.3. The van der Waals surface area contributed by atoms with Crippen LogP contribution in [-0.2, 0) is 0 Å². The maximum atomic E-state index is 8.58. The third-order valence-electron chi connectivity index (χ3n) is 1.70. The molecule has 1 aromatic heterocycles. The lowest BCUT2D eigenvalue weighted by Crippen LogP contribution is -1.69. The van der Waals surface area contributed by atoms with Crippen LogP contribution < -0.4 is 0 Å². The summed E-state index contributed by atoms with van der Waals surface area (Å²) in [5.74, 6) is 0. The predicted octanol–water partition coefficient (Wildman–Crippen LogP) is 2.61. The standard InChI is InChI=1S/C12H4N4S/c13-5-9(6-14)3-11-1-2-12(17-11)4-10(7-15)8-16/h1-4H. The summed E-state index contributed by atoms with van der Waals surface area (Å²) in [6.07, 6.45) is 2.92. The summed E-state index contributed by atoms with van der Waals surface area (Å²) < 4.78 is 0. The van der Waals surface area contributed by atoms with E-state index in [1.54, 1.807) is 36.4 Å². The highest BCUT2D eigenvalue weighted by Crippen LogP contribution is 2.21. The first-order valence-electron chi connectivity index (χ1n) is 4.37. The van der Waals surface area contributed by atoms with Crippen LogP contribution in [0.15, 0.2) is 23.3 Å². The molecular weight excluding hydrogens is 232 g/mol. The Labute approximate surface area is 102 Å². The van der Waals surface area contributed by atoms with Crippen LogP contribution in [0.25, 0.3) is 12.2 Å². The summed E-state index contributed by atoms with van der Waals surface area (Å²) in [5.41, 5.74) is 0.0336. The SMILES string of the molecule is N#CC(C#N)=Cc1ccc(C=C(C#N)C#N)s1. The Balaban J connectivity index is 3.05. The van der Waals surface area contributed by atoms with Crippen molar-refractivity contribution in [2.45, 2.75) is 0 Å². The van der Waals surface area contributed by atoms with Crippen LogP contribution in [0, 0.1) is 45.3 Å². The Morgan fingerprint density at radius 2 is 1.18 bits per heavy atom. The minimum Gasteiger partial charge on any atom is -0.192 e. The minimum atomic E-state index is 0.0168. The van der Waals surface area contributed by atoms with Gasteiger partial charge in [-0.05, 0) is 24.3 Å². The molecule has 78 valence electrons. The Hall–Kier alpha value is -2.86. The van der Waals surface area contributed by atoms with E-state index in [4.69, 9.17) is 21.0 Å². The maximum absolute atomic E-state index is 8.58. The molecule has 0 bridgehead atoms. The second-order valence-corrected chi connectivity index (χ2v) is 3.95. The van der Waals surface area contributed by atoms with Crippen molar-refractivity contribution in [3.8, 4) is 24.3 Å². The Morgan fingerprint density at radius 3 is 1.47 bits per heavy atom. The molecule has 0 spiro atoms. The molecule has 1 heterocycles. The van der Waals surface area contributed by atoms with Crippen LogP contribution in [0.1, 0.15) is 9.75 Å². The summed E-state index contributed by atoms with van der Waals surface area (Å²) in [6.45, 7) is 0. The molecule has 1 rings (SSSR count). The molecule has 0 saturated carbocycles. The lowest BCUT2D eigenvalue weighted by atomic mass is 10.2. The van der Waals surface area contributed by atoms with Crippen LogP contribution in [0.5, 0.6) is 0 Å². The first-order valence-corrected chi connectivity index (χ1v) is 5.18. The summed E-state index contributed by atoms with van der Waals surface area (Å²) in [6, 6.07) is 10.5. The van der Waals surface area contributed by atoms with Crippen molar-refractivity contribution in [3.63, 3.8) is 0 Å². The molecule has 0 aliphatic carbocycles. The molecule has 4 nitrogen and oxygen atoms in total. The van der Waals surface area contributed by atoms with E-state index in [0.29, 0.717) is 0 Å². The fraction of sp³-hybridized carbons (Fsp3) is 0. The van der Waals surface area contributed by atoms with Gasteiger partial charge in [0.2, 0.25) is 0 Å². The first-order chi connectivity index (χ1) is 8.23. The van der Waals surface area contributed by atoms with E-state index >= 15 is 0 Å². The summed E-state index contributed by atoms with van der Waals surface area (Å²) in [7, 11) is 0. The lowest BCUT2D eigenvalue weighted by molar-refractivity contribution is 1.47. The normalized spacial score (nSPS) is 7.76. The second kappa shape index (κ2) is 5.89. The number of thiophene rings is 1. The smallest absolute Gasteiger partial charge is 0.131 e. The molecular formula is C12H4N4S. The Kier molecular flexibility index (Phi) is 4.23. The lowest BCUT2D eigenvalue weighted by Gasteiger charge is -1.84. The topological polar surface area (TPSA) is 95.2 Å². The van der Waals surface area contributed by atoms with Gasteiger partial charge in [0.15, 0.2) is 0 Å². The van der Waals surface area contributed by atoms with E-state index in [1.807, 2.05) is 0 Å². The third-order valence-corrected chi connectivity index (χ3v) is 2.68. The molecule has 0 aromatic carbocycles.